The summed E-state index contributed by atoms with van der Waals surface area (Å²) in [5.41, 5.74) is 4.15. The Hall–Kier alpha value is -1.32. The molecule has 0 bridgehead atoms. The monoisotopic (exact) mass is 229 g/mol. The van der Waals surface area contributed by atoms with Gasteiger partial charge in [-0.1, -0.05) is 18.2 Å². The van der Waals surface area contributed by atoms with Crippen LogP contribution in [0.5, 0.6) is 0 Å². The van der Waals surface area contributed by atoms with E-state index < -0.39 is 0 Å². The first-order valence-electron chi connectivity index (χ1n) is 6.27. The normalized spacial score (nSPS) is 20.9. The summed E-state index contributed by atoms with van der Waals surface area (Å²) in [6.45, 7) is 5.36. The fraction of sp³-hybridized carbons (Fsp3) is 0.429. The van der Waals surface area contributed by atoms with Gasteiger partial charge in [-0.15, -0.1) is 0 Å². The highest BCUT2D eigenvalue weighted by Gasteiger charge is 2.21. The van der Waals surface area contributed by atoms with Crippen LogP contribution in [0.2, 0.25) is 0 Å². The molecule has 1 fully saturated rings. The Morgan fingerprint density at radius 2 is 2.06 bits per heavy atom. The number of nitrogens with zero attached hydrogens (tertiary/aromatic N) is 1. The molecule has 2 heterocycles. The molecule has 1 aliphatic heterocycles. The quantitative estimate of drug-likeness (QED) is 0.779. The molecule has 0 radical (unpaired) electrons. The standard InChI is InChI=1S/C14H19N3/c1-10-14(12-9-15-7-8-16-12)11-5-3-4-6-13(11)17(10)2/h3-6,12,15-16H,7-9H2,1-2H3. The van der Waals surface area contributed by atoms with E-state index in [0.29, 0.717) is 6.04 Å². The van der Waals surface area contributed by atoms with Crippen molar-refractivity contribution in [3.63, 3.8) is 0 Å². The Bertz CT molecular complexity index is 536. The first-order valence-corrected chi connectivity index (χ1v) is 6.27. The number of piperazine rings is 1. The molecular formula is C14H19N3. The summed E-state index contributed by atoms with van der Waals surface area (Å²) < 4.78 is 2.29. The third-order valence-corrected chi connectivity index (χ3v) is 3.84. The number of aryl methyl sites for hydroxylation is 1. The van der Waals surface area contributed by atoms with Crippen LogP contribution in [0.25, 0.3) is 10.9 Å². The van der Waals surface area contributed by atoms with Crippen LogP contribution in [0.1, 0.15) is 17.3 Å². The second kappa shape index (κ2) is 4.17. The minimum absolute atomic E-state index is 0.440. The molecule has 1 unspecified atom stereocenters. The van der Waals surface area contributed by atoms with Gasteiger partial charge in [0.15, 0.2) is 0 Å². The zero-order valence-corrected chi connectivity index (χ0v) is 10.5. The highest BCUT2D eigenvalue weighted by molar-refractivity contribution is 5.86. The van der Waals surface area contributed by atoms with Gasteiger partial charge in [0, 0.05) is 49.3 Å². The van der Waals surface area contributed by atoms with Crippen LogP contribution in [-0.4, -0.2) is 24.2 Å². The lowest BCUT2D eigenvalue weighted by Crippen LogP contribution is -2.42. The predicted molar refractivity (Wildman–Crippen MR) is 71.3 cm³/mol. The maximum absolute atomic E-state index is 3.61. The first-order chi connectivity index (χ1) is 8.29. The lowest BCUT2D eigenvalue weighted by Gasteiger charge is -2.25. The van der Waals surface area contributed by atoms with Crippen LogP contribution in [-0.2, 0) is 7.05 Å². The average Bonchev–Trinajstić information content (AvgIpc) is 2.64. The number of benzene rings is 1. The number of rotatable bonds is 1. The van der Waals surface area contributed by atoms with Crippen molar-refractivity contribution in [1.29, 1.82) is 0 Å². The van der Waals surface area contributed by atoms with Crippen LogP contribution < -0.4 is 10.6 Å². The molecular weight excluding hydrogens is 210 g/mol. The van der Waals surface area contributed by atoms with Crippen molar-refractivity contribution in [3.05, 3.63) is 35.5 Å². The van der Waals surface area contributed by atoms with Crippen LogP contribution in [0, 0.1) is 6.92 Å². The molecule has 1 atom stereocenters. The summed E-state index contributed by atoms with van der Waals surface area (Å²) in [4.78, 5) is 0. The molecule has 2 N–H and O–H groups in total. The zero-order valence-electron chi connectivity index (χ0n) is 10.5. The van der Waals surface area contributed by atoms with Crippen molar-refractivity contribution in [2.75, 3.05) is 19.6 Å². The van der Waals surface area contributed by atoms with E-state index in [2.05, 4.69) is 53.4 Å². The summed E-state index contributed by atoms with van der Waals surface area (Å²) >= 11 is 0. The lowest BCUT2D eigenvalue weighted by molar-refractivity contribution is 0.430. The molecule has 1 aliphatic rings. The van der Waals surface area contributed by atoms with Crippen LogP contribution in [0.3, 0.4) is 0 Å². The second-order valence-corrected chi connectivity index (χ2v) is 4.79. The summed E-state index contributed by atoms with van der Waals surface area (Å²) in [6.07, 6.45) is 0. The Kier molecular flexibility index (Phi) is 2.65. The van der Waals surface area contributed by atoms with E-state index >= 15 is 0 Å². The smallest absolute Gasteiger partial charge is 0.0483 e. The largest absolute Gasteiger partial charge is 0.348 e. The SMILES string of the molecule is Cc1c(C2CNCCN2)c2ccccc2n1C. The molecule has 17 heavy (non-hydrogen) atoms. The third-order valence-electron chi connectivity index (χ3n) is 3.84. The van der Waals surface area contributed by atoms with Gasteiger partial charge < -0.3 is 15.2 Å². The molecule has 0 amide bonds. The topological polar surface area (TPSA) is 29.0 Å². The molecule has 0 spiro atoms. The second-order valence-electron chi connectivity index (χ2n) is 4.79. The summed E-state index contributed by atoms with van der Waals surface area (Å²) in [7, 11) is 2.15. The zero-order chi connectivity index (χ0) is 11.8. The van der Waals surface area contributed by atoms with Crippen molar-refractivity contribution >= 4 is 10.9 Å². The lowest BCUT2D eigenvalue weighted by atomic mass is 10.0. The number of para-hydroxylation sites is 1. The fourth-order valence-electron chi connectivity index (χ4n) is 2.85. The molecule has 3 rings (SSSR count). The molecule has 0 aliphatic carbocycles. The van der Waals surface area contributed by atoms with E-state index in [9.17, 15) is 0 Å². The van der Waals surface area contributed by atoms with E-state index in [1.807, 2.05) is 0 Å². The van der Waals surface area contributed by atoms with Gasteiger partial charge >= 0.3 is 0 Å². The highest BCUT2D eigenvalue weighted by atomic mass is 15.1. The molecule has 3 nitrogen and oxygen atoms in total. The minimum Gasteiger partial charge on any atom is -0.348 e. The minimum atomic E-state index is 0.440. The number of fused-ring (bicyclic) bond motifs is 1. The van der Waals surface area contributed by atoms with Crippen LogP contribution in [0.15, 0.2) is 24.3 Å². The maximum atomic E-state index is 3.61. The molecule has 1 aromatic heterocycles. The van der Waals surface area contributed by atoms with E-state index in [-0.39, 0.29) is 0 Å². The third kappa shape index (κ3) is 1.66. The Labute approximate surface area is 102 Å². The Morgan fingerprint density at radius 3 is 2.82 bits per heavy atom. The van der Waals surface area contributed by atoms with Crippen molar-refractivity contribution in [2.45, 2.75) is 13.0 Å². The summed E-state index contributed by atoms with van der Waals surface area (Å²) in [5, 5.41) is 8.45. The highest BCUT2D eigenvalue weighted by Crippen LogP contribution is 2.30. The van der Waals surface area contributed by atoms with Gasteiger partial charge in [-0.2, -0.15) is 0 Å². The first kappa shape index (κ1) is 10.8. The van der Waals surface area contributed by atoms with Gasteiger partial charge in [0.1, 0.15) is 0 Å². The molecule has 1 aromatic carbocycles. The van der Waals surface area contributed by atoms with Gasteiger partial charge in [-0.25, -0.2) is 0 Å². The Balaban J connectivity index is 2.17. The Morgan fingerprint density at radius 1 is 1.24 bits per heavy atom. The molecule has 2 aromatic rings. The van der Waals surface area contributed by atoms with Gasteiger partial charge in [-0.3, -0.25) is 0 Å². The van der Waals surface area contributed by atoms with Gasteiger partial charge in [0.25, 0.3) is 0 Å². The van der Waals surface area contributed by atoms with Gasteiger partial charge in [0.2, 0.25) is 0 Å². The van der Waals surface area contributed by atoms with Crippen molar-refractivity contribution < 1.29 is 0 Å². The maximum Gasteiger partial charge on any atom is 0.0483 e. The summed E-state index contributed by atoms with van der Waals surface area (Å²) in [5.74, 6) is 0. The van der Waals surface area contributed by atoms with Crippen LogP contribution >= 0.6 is 0 Å². The van der Waals surface area contributed by atoms with E-state index in [0.717, 1.165) is 19.6 Å². The van der Waals surface area contributed by atoms with E-state index in [1.54, 1.807) is 0 Å². The molecule has 0 saturated carbocycles. The fourth-order valence-corrected chi connectivity index (χ4v) is 2.85. The van der Waals surface area contributed by atoms with E-state index in [4.69, 9.17) is 0 Å². The number of hydrogen-bond acceptors (Lipinski definition) is 2. The van der Waals surface area contributed by atoms with Crippen LogP contribution in [0.4, 0.5) is 0 Å². The number of hydrogen-bond donors (Lipinski definition) is 2. The van der Waals surface area contributed by atoms with Gasteiger partial charge in [0.05, 0.1) is 0 Å². The molecule has 3 heteroatoms. The van der Waals surface area contributed by atoms with Crippen molar-refractivity contribution in [1.82, 2.24) is 15.2 Å². The average molecular weight is 229 g/mol. The van der Waals surface area contributed by atoms with E-state index in [1.165, 1.54) is 22.2 Å². The van der Waals surface area contributed by atoms with Crippen molar-refractivity contribution in [2.24, 2.45) is 7.05 Å². The summed E-state index contributed by atoms with van der Waals surface area (Å²) in [6, 6.07) is 9.10. The van der Waals surface area contributed by atoms with Crippen molar-refractivity contribution in [3.8, 4) is 0 Å². The molecule has 90 valence electrons. The van der Waals surface area contributed by atoms with Gasteiger partial charge in [-0.05, 0) is 18.6 Å². The number of aromatic nitrogens is 1. The number of nitrogens with one attached hydrogen (secondary N) is 2. The molecule has 1 saturated heterocycles. The predicted octanol–water partition coefficient (Wildman–Crippen LogP) is 1.72.